The molecule has 2 aromatic rings. The second-order valence-corrected chi connectivity index (χ2v) is 8.60. The molecule has 0 fully saturated rings. The Morgan fingerprint density at radius 1 is 1.16 bits per heavy atom. The number of rotatable bonds is 12. The fraction of sp³-hybridized carbons (Fsp3) is 0.440. The Labute approximate surface area is 190 Å². The predicted octanol–water partition coefficient (Wildman–Crippen LogP) is 4.57. The number of carbonyl (C=O) groups is 2. The van der Waals surface area contributed by atoms with Crippen molar-refractivity contribution in [2.75, 3.05) is 19.4 Å². The third kappa shape index (κ3) is 7.94. The van der Waals surface area contributed by atoms with Gasteiger partial charge in [-0.3, -0.25) is 9.59 Å². The number of ether oxygens (including phenoxy) is 1. The molecule has 0 unspecified atom stereocenters. The van der Waals surface area contributed by atoms with Crippen molar-refractivity contribution < 1.29 is 14.3 Å². The number of nitrogens with one attached hydrogen (secondary N) is 1. The number of nitrogens with zero attached hydrogens (tertiary/aromatic N) is 1. The fourth-order valence-electron chi connectivity index (χ4n) is 3.19. The number of amides is 2. The van der Waals surface area contributed by atoms with Crippen LogP contribution in [0.25, 0.3) is 0 Å². The van der Waals surface area contributed by atoms with Gasteiger partial charge in [-0.15, -0.1) is 11.8 Å². The molecule has 31 heavy (non-hydrogen) atoms. The zero-order chi connectivity index (χ0) is 22.6. The van der Waals surface area contributed by atoms with Crippen molar-refractivity contribution in [3.63, 3.8) is 0 Å². The Bertz CT molecular complexity index is 856. The fourth-order valence-corrected chi connectivity index (χ4v) is 4.18. The van der Waals surface area contributed by atoms with E-state index in [9.17, 15) is 9.59 Å². The third-order valence-corrected chi connectivity index (χ3v) is 6.19. The maximum atomic E-state index is 13.1. The number of unbranched alkanes of at least 4 members (excludes halogenated alkanes) is 1. The summed E-state index contributed by atoms with van der Waals surface area (Å²) in [5.74, 6) is 1.67. The van der Waals surface area contributed by atoms with E-state index in [0.717, 1.165) is 29.9 Å². The quantitative estimate of drug-likeness (QED) is 0.489. The predicted molar refractivity (Wildman–Crippen MR) is 128 cm³/mol. The van der Waals surface area contributed by atoms with Crippen LogP contribution in [0.5, 0.6) is 5.75 Å². The molecule has 1 atom stereocenters. The largest absolute Gasteiger partial charge is 0.497 e. The molecule has 168 valence electrons. The molecule has 2 rings (SSSR count). The van der Waals surface area contributed by atoms with Gasteiger partial charge in [0.1, 0.15) is 11.8 Å². The second kappa shape index (κ2) is 13.1. The Morgan fingerprint density at radius 2 is 1.94 bits per heavy atom. The van der Waals surface area contributed by atoms with Crippen LogP contribution in [0.15, 0.2) is 48.5 Å². The van der Waals surface area contributed by atoms with Crippen molar-refractivity contribution in [1.82, 2.24) is 10.2 Å². The van der Waals surface area contributed by atoms with Gasteiger partial charge in [-0.2, -0.15) is 0 Å². The van der Waals surface area contributed by atoms with Gasteiger partial charge < -0.3 is 15.0 Å². The number of carbonyl (C=O) groups excluding carboxylic acids is 2. The summed E-state index contributed by atoms with van der Waals surface area (Å²) in [5.41, 5.74) is 3.38. The first kappa shape index (κ1) is 24.8. The van der Waals surface area contributed by atoms with Crippen molar-refractivity contribution in [2.45, 2.75) is 52.0 Å². The number of hydrogen-bond acceptors (Lipinski definition) is 4. The first-order valence-corrected chi connectivity index (χ1v) is 11.9. The lowest BCUT2D eigenvalue weighted by Crippen LogP contribution is -2.48. The molecule has 0 saturated heterocycles. The number of hydrogen-bond donors (Lipinski definition) is 1. The molecule has 0 aromatic heterocycles. The van der Waals surface area contributed by atoms with Gasteiger partial charge >= 0.3 is 0 Å². The van der Waals surface area contributed by atoms with Gasteiger partial charge in [0.2, 0.25) is 11.8 Å². The van der Waals surface area contributed by atoms with E-state index in [1.165, 1.54) is 11.1 Å². The summed E-state index contributed by atoms with van der Waals surface area (Å²) in [6.45, 7) is 6.95. The van der Waals surface area contributed by atoms with Crippen molar-refractivity contribution in [3.8, 4) is 5.75 Å². The van der Waals surface area contributed by atoms with Gasteiger partial charge in [-0.25, -0.2) is 0 Å². The van der Waals surface area contributed by atoms with Gasteiger partial charge in [0, 0.05) is 18.8 Å². The maximum Gasteiger partial charge on any atom is 0.242 e. The summed E-state index contributed by atoms with van der Waals surface area (Å²) >= 11 is 1.58. The molecular weight excluding hydrogens is 408 g/mol. The molecule has 2 aromatic carbocycles. The van der Waals surface area contributed by atoms with E-state index in [4.69, 9.17) is 4.74 Å². The maximum absolute atomic E-state index is 13.1. The summed E-state index contributed by atoms with van der Waals surface area (Å²) in [6.07, 6.45) is 1.94. The van der Waals surface area contributed by atoms with Crippen LogP contribution in [0.4, 0.5) is 0 Å². The van der Waals surface area contributed by atoms with Crippen LogP contribution >= 0.6 is 11.8 Å². The number of benzene rings is 2. The molecule has 0 aliphatic rings. The first-order chi connectivity index (χ1) is 15.0. The minimum atomic E-state index is -0.547. The van der Waals surface area contributed by atoms with Crippen LogP contribution in [0, 0.1) is 6.92 Å². The van der Waals surface area contributed by atoms with E-state index >= 15 is 0 Å². The molecule has 0 bridgehead atoms. The van der Waals surface area contributed by atoms with E-state index in [0.29, 0.717) is 18.8 Å². The molecular formula is C25H34N2O3S. The zero-order valence-electron chi connectivity index (χ0n) is 19.0. The summed E-state index contributed by atoms with van der Waals surface area (Å²) in [6, 6.07) is 15.3. The highest BCUT2D eigenvalue weighted by atomic mass is 32.2. The third-order valence-electron chi connectivity index (χ3n) is 5.23. The highest BCUT2D eigenvalue weighted by Crippen LogP contribution is 2.19. The standard InChI is InChI=1S/C25H34N2O3S/c1-5-6-14-26-25(29)20(3)27(16-21-11-9-13-23(15-21)30-4)24(28)18-31-17-22-12-8-7-10-19(22)2/h7-13,15,20H,5-6,14,16-18H2,1-4H3,(H,26,29)/t20-/m1/s1. The van der Waals surface area contributed by atoms with Gasteiger partial charge in [0.15, 0.2) is 0 Å². The van der Waals surface area contributed by atoms with Gasteiger partial charge in [0.05, 0.1) is 12.9 Å². The van der Waals surface area contributed by atoms with Crippen molar-refractivity contribution >= 4 is 23.6 Å². The second-order valence-electron chi connectivity index (χ2n) is 7.61. The minimum Gasteiger partial charge on any atom is -0.497 e. The first-order valence-electron chi connectivity index (χ1n) is 10.8. The Kier molecular flexibility index (Phi) is 10.4. The van der Waals surface area contributed by atoms with E-state index in [1.807, 2.05) is 36.4 Å². The molecule has 0 spiro atoms. The summed E-state index contributed by atoms with van der Waals surface area (Å²) < 4.78 is 5.31. The SMILES string of the molecule is CCCCNC(=O)[C@@H](C)N(Cc1cccc(OC)c1)C(=O)CSCc1ccccc1C. The van der Waals surface area contributed by atoms with Crippen LogP contribution in [0.2, 0.25) is 0 Å². The van der Waals surface area contributed by atoms with E-state index < -0.39 is 6.04 Å². The lowest BCUT2D eigenvalue weighted by molar-refractivity contribution is -0.138. The highest BCUT2D eigenvalue weighted by molar-refractivity contribution is 7.99. The highest BCUT2D eigenvalue weighted by Gasteiger charge is 2.26. The Morgan fingerprint density at radius 3 is 2.65 bits per heavy atom. The lowest BCUT2D eigenvalue weighted by atomic mass is 10.1. The monoisotopic (exact) mass is 442 g/mol. The van der Waals surface area contributed by atoms with Crippen LogP contribution < -0.4 is 10.1 Å². The molecule has 0 aliphatic heterocycles. The lowest BCUT2D eigenvalue weighted by Gasteiger charge is -2.29. The normalized spacial score (nSPS) is 11.6. The molecule has 0 heterocycles. The Hall–Kier alpha value is -2.47. The topological polar surface area (TPSA) is 58.6 Å². The van der Waals surface area contributed by atoms with E-state index in [1.54, 1.807) is 30.7 Å². The molecule has 2 amide bonds. The molecule has 0 aliphatic carbocycles. The number of methoxy groups -OCH3 is 1. The zero-order valence-corrected chi connectivity index (χ0v) is 19.8. The van der Waals surface area contributed by atoms with Crippen LogP contribution in [-0.4, -0.2) is 42.2 Å². The number of aryl methyl sites for hydroxylation is 1. The summed E-state index contributed by atoms with van der Waals surface area (Å²) in [4.78, 5) is 27.5. The Balaban J connectivity index is 2.08. The minimum absolute atomic E-state index is 0.0421. The van der Waals surface area contributed by atoms with E-state index in [-0.39, 0.29) is 11.8 Å². The van der Waals surface area contributed by atoms with Crippen LogP contribution in [0.1, 0.15) is 43.4 Å². The molecule has 5 nitrogen and oxygen atoms in total. The molecule has 6 heteroatoms. The van der Waals surface area contributed by atoms with Crippen LogP contribution in [-0.2, 0) is 21.9 Å². The van der Waals surface area contributed by atoms with Crippen molar-refractivity contribution in [3.05, 3.63) is 65.2 Å². The van der Waals surface area contributed by atoms with Crippen molar-refractivity contribution in [1.29, 1.82) is 0 Å². The molecule has 0 radical (unpaired) electrons. The number of thioether (sulfide) groups is 1. The summed E-state index contributed by atoms with van der Waals surface area (Å²) in [7, 11) is 1.62. The van der Waals surface area contributed by atoms with Gasteiger partial charge in [0.25, 0.3) is 0 Å². The molecule has 0 saturated carbocycles. The van der Waals surface area contributed by atoms with Gasteiger partial charge in [-0.1, -0.05) is 49.7 Å². The smallest absolute Gasteiger partial charge is 0.242 e. The molecule has 1 N–H and O–H groups in total. The van der Waals surface area contributed by atoms with Crippen molar-refractivity contribution in [2.24, 2.45) is 0 Å². The van der Waals surface area contributed by atoms with Gasteiger partial charge in [-0.05, 0) is 49.1 Å². The van der Waals surface area contributed by atoms with E-state index in [2.05, 4.69) is 31.3 Å². The average molecular weight is 443 g/mol. The average Bonchev–Trinajstić information content (AvgIpc) is 2.78. The van der Waals surface area contributed by atoms with Crippen LogP contribution in [0.3, 0.4) is 0 Å². The summed E-state index contributed by atoms with van der Waals surface area (Å²) in [5, 5.41) is 2.95.